The number of hydrogen-bond acceptors (Lipinski definition) is 1. The van der Waals surface area contributed by atoms with Gasteiger partial charge < -0.3 is 0 Å². The maximum Gasteiger partial charge on any atom is 0.416 e. The summed E-state index contributed by atoms with van der Waals surface area (Å²) in [4.78, 5) is 14.8. The van der Waals surface area contributed by atoms with E-state index in [9.17, 15) is 18.0 Å². The Morgan fingerprint density at radius 2 is 1.76 bits per heavy atom. The summed E-state index contributed by atoms with van der Waals surface area (Å²) in [7, 11) is 0. The highest BCUT2D eigenvalue weighted by Gasteiger charge is 2.30. The number of H-pyrrole nitrogens is 2. The lowest BCUT2D eigenvalue weighted by Gasteiger charge is -2.06. The first-order valence-corrected chi connectivity index (χ1v) is 7.54. The quantitative estimate of drug-likeness (QED) is 0.623. The second-order valence-electron chi connectivity index (χ2n) is 5.46. The van der Waals surface area contributed by atoms with Crippen molar-refractivity contribution >= 4 is 6.21 Å². The summed E-state index contributed by atoms with van der Waals surface area (Å²) in [6.07, 6.45) is -2.88. The van der Waals surface area contributed by atoms with Crippen molar-refractivity contribution in [2.24, 2.45) is 0 Å². The minimum Gasteiger partial charge on any atom is -0.297 e. The van der Waals surface area contributed by atoms with Crippen LogP contribution in [0, 0.1) is 0 Å². The molecule has 0 bridgehead atoms. The number of alkyl halides is 3. The summed E-state index contributed by atoms with van der Waals surface area (Å²) in [5.41, 5.74) is 1.29. The highest BCUT2D eigenvalue weighted by Crippen LogP contribution is 2.29. The Balaban J connectivity index is 1.82. The van der Waals surface area contributed by atoms with E-state index in [0.29, 0.717) is 16.8 Å². The molecule has 0 atom stereocenters. The van der Waals surface area contributed by atoms with E-state index in [0.717, 1.165) is 17.7 Å². The fraction of sp³-hybridized carbons (Fsp3) is 0.111. The van der Waals surface area contributed by atoms with E-state index >= 15 is 0 Å². The van der Waals surface area contributed by atoms with Crippen LogP contribution in [0.15, 0.2) is 59.4 Å². The molecule has 0 radical (unpaired) electrons. The predicted molar refractivity (Wildman–Crippen MR) is 88.1 cm³/mol. The molecule has 7 heteroatoms. The Labute approximate surface area is 141 Å². The van der Waals surface area contributed by atoms with Crippen molar-refractivity contribution in [1.29, 1.82) is 0 Å². The second kappa shape index (κ2) is 6.80. The van der Waals surface area contributed by atoms with Crippen molar-refractivity contribution in [3.8, 4) is 11.3 Å². The molecule has 3 rings (SSSR count). The van der Waals surface area contributed by atoms with Crippen LogP contribution in [0.3, 0.4) is 0 Å². The molecule has 0 spiro atoms. The summed E-state index contributed by atoms with van der Waals surface area (Å²) >= 11 is 0. The van der Waals surface area contributed by atoms with Crippen molar-refractivity contribution in [1.82, 2.24) is 10.2 Å². The zero-order valence-electron chi connectivity index (χ0n) is 13.0. The summed E-state index contributed by atoms with van der Waals surface area (Å²) in [6.45, 7) is 0.169. The van der Waals surface area contributed by atoms with Gasteiger partial charge in [-0.3, -0.25) is 15.0 Å². The van der Waals surface area contributed by atoms with Gasteiger partial charge in [0.1, 0.15) is 5.56 Å². The predicted octanol–water partition coefficient (Wildman–Crippen LogP) is 2.09. The molecule has 3 aromatic rings. The average Bonchev–Trinajstić information content (AvgIpc) is 2.96. The number of hydrogen-bond donors (Lipinski definition) is 3. The maximum atomic E-state index is 12.7. The minimum absolute atomic E-state index is 0.169. The van der Waals surface area contributed by atoms with Gasteiger partial charge in [-0.25, -0.2) is 4.99 Å². The summed E-state index contributed by atoms with van der Waals surface area (Å²) in [6, 6.07) is 14.3. The van der Waals surface area contributed by atoms with E-state index in [1.54, 1.807) is 6.07 Å². The van der Waals surface area contributed by atoms with E-state index in [2.05, 4.69) is 15.2 Å². The van der Waals surface area contributed by atoms with E-state index in [-0.39, 0.29) is 12.1 Å². The van der Waals surface area contributed by atoms with Crippen LogP contribution in [0.4, 0.5) is 13.2 Å². The van der Waals surface area contributed by atoms with Gasteiger partial charge in [-0.05, 0) is 12.1 Å². The van der Waals surface area contributed by atoms with Gasteiger partial charge in [0.15, 0.2) is 12.8 Å². The Bertz CT molecular complexity index is 940. The molecule has 1 heterocycles. The van der Waals surface area contributed by atoms with Crippen LogP contribution in [0.2, 0.25) is 0 Å². The largest absolute Gasteiger partial charge is 0.416 e. The molecule has 0 saturated heterocycles. The fourth-order valence-electron chi connectivity index (χ4n) is 2.47. The smallest absolute Gasteiger partial charge is 0.297 e. The molecule has 0 aliphatic carbocycles. The van der Waals surface area contributed by atoms with Gasteiger partial charge in [0.2, 0.25) is 0 Å². The molecule has 0 saturated carbocycles. The Morgan fingerprint density at radius 3 is 2.48 bits per heavy atom. The zero-order chi connectivity index (χ0) is 17.9. The molecule has 4 nitrogen and oxygen atoms in total. The van der Waals surface area contributed by atoms with Crippen LogP contribution in [-0.2, 0) is 12.7 Å². The van der Waals surface area contributed by atoms with Crippen molar-refractivity contribution in [2.75, 3.05) is 0 Å². The van der Waals surface area contributed by atoms with Crippen molar-refractivity contribution in [3.63, 3.8) is 0 Å². The standard InChI is InChI=1S/C18H14F3N3O/c19-18(20,21)14-8-4-5-12(9-14)10-22-11-15-16(23-24-17(15)25)13-6-2-1-3-7-13/h1-9,11H,10H2,(H2,23,24,25)/p+1. The van der Waals surface area contributed by atoms with E-state index in [1.165, 1.54) is 12.3 Å². The van der Waals surface area contributed by atoms with Crippen LogP contribution in [-0.4, -0.2) is 16.4 Å². The minimum atomic E-state index is -4.38. The van der Waals surface area contributed by atoms with Crippen LogP contribution >= 0.6 is 0 Å². The third-order valence-electron chi connectivity index (χ3n) is 3.68. The molecule has 128 valence electrons. The van der Waals surface area contributed by atoms with Gasteiger partial charge in [0, 0.05) is 11.1 Å². The number of aromatic nitrogens is 2. The molecule has 0 amide bonds. The summed E-state index contributed by atoms with van der Waals surface area (Å²) in [5.74, 6) is 0. The molecular weight excluding hydrogens is 331 g/mol. The monoisotopic (exact) mass is 346 g/mol. The molecule has 2 aromatic carbocycles. The van der Waals surface area contributed by atoms with Crippen molar-refractivity contribution in [3.05, 3.63) is 81.6 Å². The topological polar surface area (TPSA) is 62.6 Å². The van der Waals surface area contributed by atoms with Gasteiger partial charge in [-0.1, -0.05) is 42.5 Å². The summed E-state index contributed by atoms with van der Waals surface area (Å²) < 4.78 is 38.2. The molecule has 25 heavy (non-hydrogen) atoms. The number of nitrogens with one attached hydrogen (secondary N) is 3. The van der Waals surface area contributed by atoms with Crippen LogP contribution < -0.4 is 10.6 Å². The lowest BCUT2D eigenvalue weighted by molar-refractivity contribution is -0.469. The number of halogens is 3. The van der Waals surface area contributed by atoms with E-state index < -0.39 is 11.7 Å². The highest BCUT2D eigenvalue weighted by molar-refractivity contribution is 5.85. The van der Waals surface area contributed by atoms with Gasteiger partial charge in [-0.2, -0.15) is 13.2 Å². The van der Waals surface area contributed by atoms with E-state index in [1.807, 2.05) is 30.3 Å². The van der Waals surface area contributed by atoms with Crippen LogP contribution in [0.1, 0.15) is 16.7 Å². The third kappa shape index (κ3) is 3.88. The molecular formula is C18H15F3N3O+. The van der Waals surface area contributed by atoms with Crippen LogP contribution in [0.5, 0.6) is 0 Å². The number of rotatable bonds is 4. The first-order chi connectivity index (χ1) is 11.9. The zero-order valence-corrected chi connectivity index (χ0v) is 13.0. The lowest BCUT2D eigenvalue weighted by atomic mass is 10.1. The normalized spacial score (nSPS) is 12.0. The van der Waals surface area contributed by atoms with Gasteiger partial charge in [0.05, 0.1) is 11.3 Å². The Kier molecular flexibility index (Phi) is 4.56. The van der Waals surface area contributed by atoms with Gasteiger partial charge in [-0.15, -0.1) is 0 Å². The van der Waals surface area contributed by atoms with Gasteiger partial charge in [0.25, 0.3) is 5.56 Å². The SMILES string of the molecule is O=c1[nH][nH]c(-c2ccccc2)c1C=[NH+]Cc1cccc(C(F)(F)F)c1. The average molecular weight is 346 g/mol. The first kappa shape index (κ1) is 16.8. The Hall–Kier alpha value is -3.09. The molecule has 0 unspecified atom stereocenters. The van der Waals surface area contributed by atoms with Crippen LogP contribution in [0.25, 0.3) is 11.3 Å². The third-order valence-corrected chi connectivity index (χ3v) is 3.68. The summed E-state index contributed by atoms with van der Waals surface area (Å²) in [5, 5.41) is 5.32. The second-order valence-corrected chi connectivity index (χ2v) is 5.46. The molecule has 0 aliphatic heterocycles. The first-order valence-electron chi connectivity index (χ1n) is 7.54. The van der Waals surface area contributed by atoms with Crippen molar-refractivity contribution in [2.45, 2.75) is 12.7 Å². The molecule has 3 N–H and O–H groups in total. The molecule has 1 aromatic heterocycles. The fourth-order valence-corrected chi connectivity index (χ4v) is 2.47. The molecule has 0 aliphatic rings. The highest BCUT2D eigenvalue weighted by atomic mass is 19.4. The van der Waals surface area contributed by atoms with Crippen molar-refractivity contribution < 1.29 is 18.2 Å². The number of benzene rings is 2. The number of aromatic amines is 2. The lowest BCUT2D eigenvalue weighted by Crippen LogP contribution is -2.67. The van der Waals surface area contributed by atoms with Gasteiger partial charge >= 0.3 is 6.18 Å². The Morgan fingerprint density at radius 1 is 1.00 bits per heavy atom. The maximum absolute atomic E-state index is 12.7. The molecule has 0 fully saturated rings. The van der Waals surface area contributed by atoms with E-state index in [4.69, 9.17) is 0 Å².